The molecule has 0 unspecified atom stereocenters. The predicted molar refractivity (Wildman–Crippen MR) is 96.4 cm³/mol. The summed E-state index contributed by atoms with van der Waals surface area (Å²) in [5.41, 5.74) is 1.56. The summed E-state index contributed by atoms with van der Waals surface area (Å²) in [5.74, 6) is -0.799. The van der Waals surface area contributed by atoms with Gasteiger partial charge >= 0.3 is 6.03 Å². The number of carbonyl (C=O) groups excluding carboxylic acids is 1. The molecule has 28 heavy (non-hydrogen) atoms. The molecule has 3 fully saturated rings. The van der Waals surface area contributed by atoms with Gasteiger partial charge in [0.2, 0.25) is 0 Å². The molecule has 0 bridgehead atoms. The summed E-state index contributed by atoms with van der Waals surface area (Å²) in [7, 11) is 0. The maximum Gasteiger partial charge on any atom is 0.320 e. The van der Waals surface area contributed by atoms with Gasteiger partial charge in [-0.2, -0.15) is 15.4 Å². The monoisotopic (exact) mass is 388 g/mol. The predicted octanol–water partition coefficient (Wildman–Crippen LogP) is 1.81. The molecular weight excluding hydrogens is 366 g/mol. The number of urea groups is 1. The number of hydrogen-bond donors (Lipinski definition) is 1. The zero-order chi connectivity index (χ0) is 19.3. The Morgan fingerprint density at radius 3 is 2.75 bits per heavy atom. The van der Waals surface area contributed by atoms with Crippen LogP contribution in [0.5, 0.6) is 0 Å². The summed E-state index contributed by atoms with van der Waals surface area (Å²) in [5, 5.41) is 10.6. The van der Waals surface area contributed by atoms with Crippen molar-refractivity contribution in [3.8, 4) is 0 Å². The van der Waals surface area contributed by atoms with E-state index in [1.165, 1.54) is 12.1 Å². The van der Waals surface area contributed by atoms with Crippen molar-refractivity contribution in [3.05, 3.63) is 47.3 Å². The molecule has 0 aliphatic carbocycles. The minimum absolute atomic E-state index is 0.0969. The normalized spacial score (nSPS) is 23.7. The van der Waals surface area contributed by atoms with E-state index in [0.29, 0.717) is 18.7 Å². The van der Waals surface area contributed by atoms with Crippen molar-refractivity contribution in [2.75, 3.05) is 39.3 Å². The summed E-state index contributed by atoms with van der Waals surface area (Å²) in [6.07, 6.45) is 2.64. The number of H-pyrrole nitrogens is 1. The van der Waals surface area contributed by atoms with Crippen LogP contribution in [0, 0.1) is 17.0 Å². The van der Waals surface area contributed by atoms with Crippen LogP contribution in [0.1, 0.15) is 23.6 Å². The van der Waals surface area contributed by atoms with Gasteiger partial charge in [0.25, 0.3) is 0 Å². The third kappa shape index (κ3) is 3.03. The van der Waals surface area contributed by atoms with Crippen molar-refractivity contribution in [1.29, 1.82) is 0 Å². The third-order valence-electron chi connectivity index (χ3n) is 6.16. The van der Waals surface area contributed by atoms with Crippen molar-refractivity contribution in [1.82, 2.24) is 30.1 Å². The van der Waals surface area contributed by atoms with Crippen LogP contribution in [0.2, 0.25) is 0 Å². The van der Waals surface area contributed by atoms with Gasteiger partial charge in [0.15, 0.2) is 0 Å². The molecule has 1 spiro atoms. The lowest BCUT2D eigenvalue weighted by Crippen LogP contribution is -2.73. The maximum atomic E-state index is 13.8. The van der Waals surface area contributed by atoms with Gasteiger partial charge in [0.05, 0.1) is 11.9 Å². The van der Waals surface area contributed by atoms with Crippen molar-refractivity contribution < 1.29 is 13.6 Å². The SMILES string of the molecule is O=C(N1CC[C@H](c2cn[nH]n2)C1)N1CC2(CN(Cc3ccc(F)cc3F)C2)C1. The number of amides is 2. The van der Waals surface area contributed by atoms with E-state index < -0.39 is 11.6 Å². The Kier molecular flexibility index (Phi) is 4.08. The number of benzene rings is 1. The van der Waals surface area contributed by atoms with Crippen LogP contribution in [0.3, 0.4) is 0 Å². The molecule has 3 saturated heterocycles. The minimum Gasteiger partial charge on any atom is -0.324 e. The summed E-state index contributed by atoms with van der Waals surface area (Å²) in [6, 6.07) is 3.82. The number of hydrogen-bond acceptors (Lipinski definition) is 4. The molecule has 5 rings (SSSR count). The summed E-state index contributed by atoms with van der Waals surface area (Å²) in [4.78, 5) is 18.7. The number of nitrogens with one attached hydrogen (secondary N) is 1. The number of likely N-dealkylation sites (tertiary alicyclic amines) is 3. The zero-order valence-corrected chi connectivity index (χ0v) is 15.4. The molecule has 1 N–H and O–H groups in total. The molecule has 0 radical (unpaired) electrons. The Bertz CT molecular complexity index is 875. The van der Waals surface area contributed by atoms with E-state index in [1.807, 2.05) is 9.80 Å². The van der Waals surface area contributed by atoms with E-state index in [-0.39, 0.29) is 17.4 Å². The molecule has 1 aromatic carbocycles. The Hall–Kier alpha value is -2.55. The highest BCUT2D eigenvalue weighted by molar-refractivity contribution is 5.76. The van der Waals surface area contributed by atoms with Crippen LogP contribution in [0.4, 0.5) is 13.6 Å². The first-order valence-electron chi connectivity index (χ1n) is 9.57. The third-order valence-corrected chi connectivity index (χ3v) is 6.16. The second kappa shape index (κ2) is 6.51. The molecule has 2 aromatic rings. The van der Waals surface area contributed by atoms with E-state index in [9.17, 15) is 13.6 Å². The van der Waals surface area contributed by atoms with E-state index in [1.54, 1.807) is 6.20 Å². The van der Waals surface area contributed by atoms with E-state index in [0.717, 1.165) is 50.9 Å². The smallest absolute Gasteiger partial charge is 0.320 e. The van der Waals surface area contributed by atoms with Gasteiger partial charge in [-0.05, 0) is 12.5 Å². The molecule has 3 aliphatic heterocycles. The first kappa shape index (κ1) is 17.5. The van der Waals surface area contributed by atoms with Crippen molar-refractivity contribution in [3.63, 3.8) is 0 Å². The zero-order valence-electron chi connectivity index (χ0n) is 15.4. The highest BCUT2D eigenvalue weighted by atomic mass is 19.1. The van der Waals surface area contributed by atoms with Gasteiger partial charge in [-0.25, -0.2) is 13.6 Å². The Morgan fingerprint density at radius 1 is 1.21 bits per heavy atom. The standard InChI is InChI=1S/C19H22F2N6O/c20-15-2-1-13(16(21)5-15)7-25-9-19(10-25)11-27(12-19)18(28)26-4-3-14(8-26)17-6-22-24-23-17/h1-2,5-6,14H,3-4,7-12H2,(H,22,23,24)/t14-/m0/s1. The lowest BCUT2D eigenvalue weighted by molar-refractivity contribution is -0.102. The quantitative estimate of drug-likeness (QED) is 0.871. The van der Waals surface area contributed by atoms with Crippen LogP contribution in [-0.4, -0.2) is 75.4 Å². The van der Waals surface area contributed by atoms with Crippen molar-refractivity contribution in [2.45, 2.75) is 18.9 Å². The number of aromatic nitrogens is 3. The molecule has 148 valence electrons. The Balaban J connectivity index is 1.10. The molecular formula is C19H22F2N6O. The Labute approximate surface area is 161 Å². The van der Waals surface area contributed by atoms with Gasteiger partial charge in [-0.3, -0.25) is 4.90 Å². The van der Waals surface area contributed by atoms with Gasteiger partial charge in [0, 0.05) is 68.8 Å². The molecule has 9 heteroatoms. The van der Waals surface area contributed by atoms with Crippen LogP contribution in [0.15, 0.2) is 24.4 Å². The molecule has 7 nitrogen and oxygen atoms in total. The molecule has 0 saturated carbocycles. The van der Waals surface area contributed by atoms with Gasteiger partial charge < -0.3 is 9.80 Å². The highest BCUT2D eigenvalue weighted by Gasteiger charge is 2.53. The van der Waals surface area contributed by atoms with Crippen molar-refractivity contribution in [2.24, 2.45) is 5.41 Å². The van der Waals surface area contributed by atoms with Gasteiger partial charge in [-0.1, -0.05) is 6.07 Å². The second-order valence-corrected chi connectivity index (χ2v) is 8.35. The largest absolute Gasteiger partial charge is 0.324 e. The molecule has 2 amide bonds. The second-order valence-electron chi connectivity index (χ2n) is 8.35. The fourth-order valence-electron chi connectivity index (χ4n) is 4.79. The lowest BCUT2D eigenvalue weighted by atomic mass is 9.73. The minimum atomic E-state index is -0.554. The van der Waals surface area contributed by atoms with Crippen LogP contribution in [0.25, 0.3) is 0 Å². The van der Waals surface area contributed by atoms with Gasteiger partial charge in [-0.15, -0.1) is 0 Å². The number of rotatable bonds is 3. The summed E-state index contributed by atoms with van der Waals surface area (Å²) < 4.78 is 26.8. The molecule has 1 aromatic heterocycles. The van der Waals surface area contributed by atoms with Crippen LogP contribution >= 0.6 is 0 Å². The first-order chi connectivity index (χ1) is 13.5. The van der Waals surface area contributed by atoms with E-state index in [2.05, 4.69) is 20.3 Å². The maximum absolute atomic E-state index is 13.8. The van der Waals surface area contributed by atoms with Crippen molar-refractivity contribution >= 4 is 6.03 Å². The number of carbonyl (C=O) groups is 1. The summed E-state index contributed by atoms with van der Waals surface area (Å²) >= 11 is 0. The van der Waals surface area contributed by atoms with Gasteiger partial charge in [0.1, 0.15) is 11.6 Å². The first-order valence-corrected chi connectivity index (χ1v) is 9.57. The van der Waals surface area contributed by atoms with Crippen LogP contribution in [-0.2, 0) is 6.54 Å². The molecule has 3 aliphatic rings. The Morgan fingerprint density at radius 2 is 2.04 bits per heavy atom. The topological polar surface area (TPSA) is 68.4 Å². The van der Waals surface area contributed by atoms with E-state index >= 15 is 0 Å². The number of nitrogens with zero attached hydrogens (tertiary/aromatic N) is 5. The fraction of sp³-hybridized carbons (Fsp3) is 0.526. The lowest BCUT2D eigenvalue weighted by Gasteiger charge is -2.60. The number of halogens is 2. The average Bonchev–Trinajstić information content (AvgIpc) is 3.28. The fourth-order valence-corrected chi connectivity index (χ4v) is 4.79. The summed E-state index contributed by atoms with van der Waals surface area (Å²) in [6.45, 7) is 5.09. The average molecular weight is 388 g/mol. The van der Waals surface area contributed by atoms with Crippen LogP contribution < -0.4 is 0 Å². The highest BCUT2D eigenvalue weighted by Crippen LogP contribution is 2.41. The van der Waals surface area contributed by atoms with E-state index in [4.69, 9.17) is 0 Å². The number of aromatic amines is 1. The molecule has 1 atom stereocenters. The molecule has 4 heterocycles.